The Morgan fingerprint density at radius 2 is 2.20 bits per heavy atom. The SMILES string of the molecule is CC(CNC(=O)Cc1c[nH]c2ccc(Cl)cc12)C(=O)O. The number of amides is 1. The Morgan fingerprint density at radius 3 is 2.90 bits per heavy atom. The second kappa shape index (κ2) is 5.96. The number of rotatable bonds is 5. The summed E-state index contributed by atoms with van der Waals surface area (Å²) in [4.78, 5) is 25.6. The van der Waals surface area contributed by atoms with Crippen molar-refractivity contribution >= 4 is 34.4 Å². The van der Waals surface area contributed by atoms with Crippen LogP contribution < -0.4 is 5.32 Å². The molecule has 0 radical (unpaired) electrons. The van der Waals surface area contributed by atoms with Crippen molar-refractivity contribution in [2.75, 3.05) is 6.54 Å². The molecule has 1 unspecified atom stereocenters. The number of nitrogens with one attached hydrogen (secondary N) is 2. The van der Waals surface area contributed by atoms with Gasteiger partial charge >= 0.3 is 5.97 Å². The molecule has 106 valence electrons. The number of carboxylic acids is 1. The smallest absolute Gasteiger partial charge is 0.308 e. The zero-order valence-corrected chi connectivity index (χ0v) is 11.7. The van der Waals surface area contributed by atoms with Crippen molar-refractivity contribution in [1.82, 2.24) is 10.3 Å². The summed E-state index contributed by atoms with van der Waals surface area (Å²) >= 11 is 5.94. The number of aromatic nitrogens is 1. The first-order valence-corrected chi connectivity index (χ1v) is 6.60. The highest BCUT2D eigenvalue weighted by Crippen LogP contribution is 2.22. The summed E-state index contributed by atoms with van der Waals surface area (Å²) in [5, 5.41) is 12.9. The van der Waals surface area contributed by atoms with Crippen molar-refractivity contribution in [1.29, 1.82) is 0 Å². The highest BCUT2D eigenvalue weighted by molar-refractivity contribution is 6.31. The van der Waals surface area contributed by atoms with Crippen molar-refractivity contribution in [3.05, 3.63) is 35.0 Å². The molecule has 2 aromatic rings. The number of halogens is 1. The van der Waals surface area contributed by atoms with E-state index in [-0.39, 0.29) is 18.9 Å². The summed E-state index contributed by atoms with van der Waals surface area (Å²) in [6.07, 6.45) is 1.95. The molecule has 1 aromatic heterocycles. The molecule has 0 fully saturated rings. The van der Waals surface area contributed by atoms with Gasteiger partial charge in [-0.1, -0.05) is 18.5 Å². The van der Waals surface area contributed by atoms with Crippen LogP contribution in [0, 0.1) is 5.92 Å². The van der Waals surface area contributed by atoms with Crippen LogP contribution in [-0.4, -0.2) is 28.5 Å². The molecule has 6 heteroatoms. The van der Waals surface area contributed by atoms with Gasteiger partial charge in [0.2, 0.25) is 5.91 Å². The number of hydrogen-bond donors (Lipinski definition) is 3. The van der Waals surface area contributed by atoms with Gasteiger partial charge in [0.15, 0.2) is 0 Å². The molecular weight excluding hydrogens is 280 g/mol. The van der Waals surface area contributed by atoms with Gasteiger partial charge in [0.05, 0.1) is 12.3 Å². The molecule has 1 aromatic carbocycles. The van der Waals surface area contributed by atoms with Gasteiger partial charge in [0.1, 0.15) is 0 Å². The average molecular weight is 295 g/mol. The Morgan fingerprint density at radius 1 is 1.45 bits per heavy atom. The third kappa shape index (κ3) is 3.30. The fourth-order valence-electron chi connectivity index (χ4n) is 1.89. The van der Waals surface area contributed by atoms with E-state index in [4.69, 9.17) is 16.7 Å². The molecule has 3 N–H and O–H groups in total. The highest BCUT2D eigenvalue weighted by Gasteiger charge is 2.13. The largest absolute Gasteiger partial charge is 0.481 e. The van der Waals surface area contributed by atoms with Gasteiger partial charge in [-0.25, -0.2) is 0 Å². The van der Waals surface area contributed by atoms with Crippen molar-refractivity contribution in [3.8, 4) is 0 Å². The summed E-state index contributed by atoms with van der Waals surface area (Å²) in [5.74, 6) is -1.74. The zero-order chi connectivity index (χ0) is 14.7. The molecule has 0 bridgehead atoms. The summed E-state index contributed by atoms with van der Waals surface area (Å²) in [6.45, 7) is 1.67. The van der Waals surface area contributed by atoms with Gasteiger partial charge in [0.25, 0.3) is 0 Å². The van der Waals surface area contributed by atoms with Gasteiger partial charge in [-0.15, -0.1) is 0 Å². The van der Waals surface area contributed by atoms with E-state index in [0.29, 0.717) is 5.02 Å². The Bertz CT molecular complexity index is 651. The molecule has 1 atom stereocenters. The minimum Gasteiger partial charge on any atom is -0.481 e. The number of carbonyl (C=O) groups excluding carboxylic acids is 1. The molecule has 5 nitrogen and oxygen atoms in total. The zero-order valence-electron chi connectivity index (χ0n) is 10.9. The molecule has 0 aliphatic heterocycles. The van der Waals surface area contributed by atoms with Crippen molar-refractivity contribution in [2.45, 2.75) is 13.3 Å². The van der Waals surface area contributed by atoms with E-state index in [9.17, 15) is 9.59 Å². The number of aliphatic carboxylic acids is 1. The molecule has 0 spiro atoms. The molecule has 0 aliphatic carbocycles. The lowest BCUT2D eigenvalue weighted by Crippen LogP contribution is -2.32. The van der Waals surface area contributed by atoms with Crippen molar-refractivity contribution in [2.24, 2.45) is 5.92 Å². The van der Waals surface area contributed by atoms with Gasteiger partial charge in [-0.3, -0.25) is 9.59 Å². The number of carbonyl (C=O) groups is 2. The van der Waals surface area contributed by atoms with Gasteiger partial charge in [0, 0.05) is 28.7 Å². The van der Waals surface area contributed by atoms with Crippen LogP contribution in [0.25, 0.3) is 10.9 Å². The normalized spacial score (nSPS) is 12.3. The van der Waals surface area contributed by atoms with Crippen LogP contribution in [0.2, 0.25) is 5.02 Å². The lowest BCUT2D eigenvalue weighted by molar-refractivity contribution is -0.141. The summed E-state index contributed by atoms with van der Waals surface area (Å²) in [6, 6.07) is 5.43. The van der Waals surface area contributed by atoms with Crippen LogP contribution in [0.15, 0.2) is 24.4 Å². The van der Waals surface area contributed by atoms with Crippen LogP contribution in [0.4, 0.5) is 0 Å². The van der Waals surface area contributed by atoms with E-state index in [1.165, 1.54) is 0 Å². The maximum Gasteiger partial charge on any atom is 0.308 e. The Kier molecular flexibility index (Phi) is 4.29. The van der Waals surface area contributed by atoms with E-state index < -0.39 is 11.9 Å². The second-order valence-corrected chi connectivity index (χ2v) is 5.16. The Labute approximate surface area is 120 Å². The molecule has 20 heavy (non-hydrogen) atoms. The molecule has 0 aliphatic rings. The number of H-pyrrole nitrogens is 1. The fourth-order valence-corrected chi connectivity index (χ4v) is 2.06. The van der Waals surface area contributed by atoms with E-state index >= 15 is 0 Å². The molecule has 1 amide bonds. The first-order valence-electron chi connectivity index (χ1n) is 6.22. The van der Waals surface area contributed by atoms with Crippen LogP contribution >= 0.6 is 11.6 Å². The molecule has 2 rings (SSSR count). The minimum absolute atomic E-state index is 0.122. The summed E-state index contributed by atoms with van der Waals surface area (Å²) < 4.78 is 0. The van der Waals surface area contributed by atoms with Crippen LogP contribution in [-0.2, 0) is 16.0 Å². The van der Waals surface area contributed by atoms with Crippen LogP contribution in [0.3, 0.4) is 0 Å². The number of hydrogen-bond acceptors (Lipinski definition) is 2. The molecular formula is C14H15ClN2O3. The van der Waals surface area contributed by atoms with Crippen LogP contribution in [0.5, 0.6) is 0 Å². The number of benzene rings is 1. The third-order valence-corrected chi connectivity index (χ3v) is 3.34. The van der Waals surface area contributed by atoms with Gasteiger partial charge in [-0.05, 0) is 23.8 Å². The maximum atomic E-state index is 11.8. The van der Waals surface area contributed by atoms with Crippen molar-refractivity contribution in [3.63, 3.8) is 0 Å². The van der Waals surface area contributed by atoms with E-state index in [0.717, 1.165) is 16.5 Å². The number of fused-ring (bicyclic) bond motifs is 1. The summed E-state index contributed by atoms with van der Waals surface area (Å²) in [7, 11) is 0. The predicted molar refractivity (Wildman–Crippen MR) is 76.8 cm³/mol. The topological polar surface area (TPSA) is 82.2 Å². The Hall–Kier alpha value is -2.01. The van der Waals surface area contributed by atoms with Gasteiger partial charge in [-0.2, -0.15) is 0 Å². The van der Waals surface area contributed by atoms with E-state index in [2.05, 4.69) is 10.3 Å². The average Bonchev–Trinajstić information content (AvgIpc) is 2.78. The standard InChI is InChI=1S/C14H15ClN2O3/c1-8(14(19)20)6-17-13(18)4-9-7-16-12-3-2-10(15)5-11(9)12/h2-3,5,7-8,16H,4,6H2,1H3,(H,17,18)(H,19,20). The molecule has 0 saturated heterocycles. The number of aromatic amines is 1. The third-order valence-electron chi connectivity index (χ3n) is 3.11. The summed E-state index contributed by atoms with van der Waals surface area (Å²) in [5.41, 5.74) is 1.75. The maximum absolute atomic E-state index is 11.8. The quantitative estimate of drug-likeness (QED) is 0.790. The first kappa shape index (κ1) is 14.4. The van der Waals surface area contributed by atoms with E-state index in [1.807, 2.05) is 6.07 Å². The van der Waals surface area contributed by atoms with Crippen molar-refractivity contribution < 1.29 is 14.7 Å². The highest BCUT2D eigenvalue weighted by atomic mass is 35.5. The molecule has 1 heterocycles. The van der Waals surface area contributed by atoms with Gasteiger partial charge < -0.3 is 15.4 Å². The fraction of sp³-hybridized carbons (Fsp3) is 0.286. The predicted octanol–water partition coefficient (Wildman–Crippen LogP) is 2.20. The van der Waals surface area contributed by atoms with Crippen LogP contribution in [0.1, 0.15) is 12.5 Å². The minimum atomic E-state index is -0.927. The second-order valence-electron chi connectivity index (χ2n) is 4.72. The number of carboxylic acid groups (broad SMARTS) is 1. The van der Waals surface area contributed by atoms with E-state index in [1.54, 1.807) is 25.3 Å². The lowest BCUT2D eigenvalue weighted by Gasteiger charge is -2.08. The lowest BCUT2D eigenvalue weighted by atomic mass is 10.1. The monoisotopic (exact) mass is 294 g/mol. The Balaban J connectivity index is 2.03. The molecule has 0 saturated carbocycles. The first-order chi connectivity index (χ1) is 9.47.